The number of amides is 1. The first-order valence-electron chi connectivity index (χ1n) is 7.63. The van der Waals surface area contributed by atoms with Gasteiger partial charge in [0.1, 0.15) is 0 Å². The van der Waals surface area contributed by atoms with Gasteiger partial charge in [0.25, 0.3) is 0 Å². The highest BCUT2D eigenvalue weighted by atomic mass is 16.5. The average molecular weight is 295 g/mol. The molecule has 0 radical (unpaired) electrons. The summed E-state index contributed by atoms with van der Waals surface area (Å²) in [6.07, 6.45) is 3.45. The first-order chi connectivity index (χ1) is 9.86. The molecule has 21 heavy (non-hydrogen) atoms. The van der Waals surface area contributed by atoms with E-state index in [-0.39, 0.29) is 17.9 Å². The van der Waals surface area contributed by atoms with E-state index in [0.717, 1.165) is 18.7 Å². The van der Waals surface area contributed by atoms with E-state index in [1.165, 1.54) is 0 Å². The Kier molecular flexibility index (Phi) is 4.98. The van der Waals surface area contributed by atoms with E-state index in [1.807, 2.05) is 20.8 Å². The molecule has 1 fully saturated rings. The predicted molar refractivity (Wildman–Crippen MR) is 77.7 cm³/mol. The minimum Gasteiger partial charge on any atom is -0.391 e. The molecule has 118 valence electrons. The second-order valence-corrected chi connectivity index (χ2v) is 6.86. The molecule has 0 aliphatic heterocycles. The molecule has 6 heteroatoms. The number of hydrogen-bond acceptors (Lipinski definition) is 5. The van der Waals surface area contributed by atoms with Crippen LogP contribution in [0.2, 0.25) is 0 Å². The second-order valence-electron chi connectivity index (χ2n) is 6.86. The molecule has 1 aliphatic carbocycles. The predicted octanol–water partition coefficient (Wildman–Crippen LogP) is 1.79. The number of aliphatic hydroxyl groups is 1. The van der Waals surface area contributed by atoms with Gasteiger partial charge < -0.3 is 14.9 Å². The third-order valence-electron chi connectivity index (χ3n) is 3.71. The minimum absolute atomic E-state index is 0.0553. The summed E-state index contributed by atoms with van der Waals surface area (Å²) in [6.45, 7) is 6.11. The zero-order chi connectivity index (χ0) is 15.5. The van der Waals surface area contributed by atoms with Gasteiger partial charge in [0.2, 0.25) is 11.8 Å². The van der Waals surface area contributed by atoms with E-state index in [2.05, 4.69) is 15.5 Å². The Bertz CT molecular complexity index is 475. The van der Waals surface area contributed by atoms with Crippen LogP contribution in [0.25, 0.3) is 0 Å². The van der Waals surface area contributed by atoms with Gasteiger partial charge in [-0.3, -0.25) is 4.79 Å². The van der Waals surface area contributed by atoms with Gasteiger partial charge in [-0.1, -0.05) is 25.9 Å². The number of carbonyl (C=O) groups excluding carboxylic acids is 1. The number of nitrogens with zero attached hydrogens (tertiary/aromatic N) is 2. The van der Waals surface area contributed by atoms with Crippen LogP contribution < -0.4 is 5.32 Å². The van der Waals surface area contributed by atoms with E-state index >= 15 is 0 Å². The number of nitrogens with one attached hydrogen (secondary N) is 1. The third-order valence-corrected chi connectivity index (χ3v) is 3.71. The summed E-state index contributed by atoms with van der Waals surface area (Å²) in [5.41, 5.74) is -0.226. The fraction of sp³-hybridized carbons (Fsp3) is 0.800. The summed E-state index contributed by atoms with van der Waals surface area (Å²) < 4.78 is 5.16. The zero-order valence-corrected chi connectivity index (χ0v) is 13.1. The highest BCUT2D eigenvalue weighted by Crippen LogP contribution is 2.38. The Morgan fingerprint density at radius 2 is 2.19 bits per heavy atom. The normalized spacial score (nSPS) is 16.8. The van der Waals surface area contributed by atoms with Gasteiger partial charge in [0.15, 0.2) is 5.82 Å². The summed E-state index contributed by atoms with van der Waals surface area (Å²) in [7, 11) is 0. The van der Waals surface area contributed by atoms with Crippen LogP contribution in [-0.4, -0.2) is 33.8 Å². The fourth-order valence-corrected chi connectivity index (χ4v) is 1.88. The Labute approximate surface area is 125 Å². The zero-order valence-electron chi connectivity index (χ0n) is 13.1. The van der Waals surface area contributed by atoms with Crippen molar-refractivity contribution < 1.29 is 14.4 Å². The lowest BCUT2D eigenvalue weighted by molar-refractivity contribution is -0.122. The third kappa shape index (κ3) is 5.12. The van der Waals surface area contributed by atoms with E-state index < -0.39 is 6.10 Å². The molecule has 1 heterocycles. The fourth-order valence-electron chi connectivity index (χ4n) is 1.88. The highest BCUT2D eigenvalue weighted by molar-refractivity contribution is 5.75. The van der Waals surface area contributed by atoms with Crippen molar-refractivity contribution >= 4 is 5.91 Å². The van der Waals surface area contributed by atoms with E-state index in [9.17, 15) is 9.90 Å². The largest absolute Gasteiger partial charge is 0.391 e. The van der Waals surface area contributed by atoms with E-state index in [1.54, 1.807) is 0 Å². The summed E-state index contributed by atoms with van der Waals surface area (Å²) in [6, 6.07) is 0. The van der Waals surface area contributed by atoms with Crippen LogP contribution in [0.15, 0.2) is 4.52 Å². The van der Waals surface area contributed by atoms with Crippen LogP contribution in [0, 0.1) is 5.41 Å². The van der Waals surface area contributed by atoms with Gasteiger partial charge in [-0.25, -0.2) is 0 Å². The molecule has 1 aromatic rings. The monoisotopic (exact) mass is 295 g/mol. The molecule has 0 aromatic carbocycles. The van der Waals surface area contributed by atoms with Crippen LogP contribution in [0.1, 0.15) is 64.1 Å². The number of aromatic nitrogens is 2. The minimum atomic E-state index is -0.543. The molecule has 1 unspecified atom stereocenters. The maximum atomic E-state index is 11.7. The van der Waals surface area contributed by atoms with Crippen molar-refractivity contribution in [1.29, 1.82) is 0 Å². The van der Waals surface area contributed by atoms with Crippen molar-refractivity contribution in [3.63, 3.8) is 0 Å². The molecular weight excluding hydrogens is 270 g/mol. The van der Waals surface area contributed by atoms with Crippen molar-refractivity contribution in [2.24, 2.45) is 5.41 Å². The lowest BCUT2D eigenvalue weighted by Gasteiger charge is -2.25. The molecule has 1 aromatic heterocycles. The average Bonchev–Trinajstić information content (AvgIpc) is 3.15. The molecular formula is C15H25N3O3. The van der Waals surface area contributed by atoms with Crippen LogP contribution >= 0.6 is 0 Å². The molecule has 1 saturated carbocycles. The first-order valence-corrected chi connectivity index (χ1v) is 7.63. The Morgan fingerprint density at radius 1 is 1.48 bits per heavy atom. The SMILES string of the molecule is CC(C)(C)C(O)CNC(=O)CCCc1nc(C2CC2)no1. The lowest BCUT2D eigenvalue weighted by Crippen LogP contribution is -2.39. The molecule has 1 atom stereocenters. The van der Waals surface area contributed by atoms with Gasteiger partial charge in [-0.15, -0.1) is 0 Å². The molecule has 0 bridgehead atoms. The Morgan fingerprint density at radius 3 is 2.81 bits per heavy atom. The first kappa shape index (κ1) is 15.9. The molecule has 2 N–H and O–H groups in total. The summed E-state index contributed by atoms with van der Waals surface area (Å²) >= 11 is 0. The van der Waals surface area contributed by atoms with Crippen LogP contribution in [0.4, 0.5) is 0 Å². The topological polar surface area (TPSA) is 88.2 Å². The molecule has 1 amide bonds. The number of aryl methyl sites for hydroxylation is 1. The van der Waals surface area contributed by atoms with Gasteiger partial charge in [-0.2, -0.15) is 4.98 Å². The van der Waals surface area contributed by atoms with Crippen molar-refractivity contribution in [2.75, 3.05) is 6.54 Å². The van der Waals surface area contributed by atoms with Crippen LogP contribution in [0.3, 0.4) is 0 Å². The lowest BCUT2D eigenvalue weighted by atomic mass is 9.89. The quantitative estimate of drug-likeness (QED) is 0.800. The summed E-state index contributed by atoms with van der Waals surface area (Å²) in [4.78, 5) is 16.0. The Balaban J connectivity index is 1.62. The van der Waals surface area contributed by atoms with Crippen molar-refractivity contribution in [1.82, 2.24) is 15.5 Å². The summed E-state index contributed by atoms with van der Waals surface area (Å²) in [5, 5.41) is 16.5. The van der Waals surface area contributed by atoms with E-state index in [4.69, 9.17) is 4.52 Å². The standard InChI is InChI=1S/C15H25N3O3/c1-15(2,3)11(19)9-16-12(20)5-4-6-13-17-14(18-21-13)10-7-8-10/h10-11,19H,4-9H2,1-3H3,(H,16,20). The van der Waals surface area contributed by atoms with Gasteiger partial charge in [-0.05, 0) is 24.7 Å². The molecule has 1 aliphatic rings. The highest BCUT2D eigenvalue weighted by Gasteiger charge is 2.28. The molecule has 0 saturated heterocycles. The van der Waals surface area contributed by atoms with Crippen molar-refractivity contribution in [2.45, 2.75) is 64.9 Å². The van der Waals surface area contributed by atoms with Crippen molar-refractivity contribution in [3.05, 3.63) is 11.7 Å². The summed E-state index contributed by atoms with van der Waals surface area (Å²) in [5.74, 6) is 1.85. The number of carbonyl (C=O) groups is 1. The van der Waals surface area contributed by atoms with Gasteiger partial charge in [0.05, 0.1) is 6.10 Å². The maximum absolute atomic E-state index is 11.7. The van der Waals surface area contributed by atoms with Crippen LogP contribution in [0.5, 0.6) is 0 Å². The number of rotatable bonds is 7. The van der Waals surface area contributed by atoms with Gasteiger partial charge in [0, 0.05) is 25.3 Å². The van der Waals surface area contributed by atoms with Crippen LogP contribution in [-0.2, 0) is 11.2 Å². The second kappa shape index (κ2) is 6.56. The molecule has 0 spiro atoms. The van der Waals surface area contributed by atoms with E-state index in [0.29, 0.717) is 31.1 Å². The molecule has 2 rings (SSSR count). The maximum Gasteiger partial charge on any atom is 0.226 e. The number of hydrogen-bond donors (Lipinski definition) is 2. The van der Waals surface area contributed by atoms with Gasteiger partial charge >= 0.3 is 0 Å². The van der Waals surface area contributed by atoms with Crippen molar-refractivity contribution in [3.8, 4) is 0 Å². The Hall–Kier alpha value is -1.43. The number of aliphatic hydroxyl groups excluding tert-OH is 1. The smallest absolute Gasteiger partial charge is 0.226 e. The molecule has 6 nitrogen and oxygen atoms in total.